The second-order valence-electron chi connectivity index (χ2n) is 9.50. The molecule has 0 amide bonds. The van der Waals surface area contributed by atoms with Crippen LogP contribution in [0.5, 0.6) is 0 Å². The first kappa shape index (κ1) is 25.0. The van der Waals surface area contributed by atoms with E-state index in [9.17, 15) is 4.79 Å². The lowest BCUT2D eigenvalue weighted by Gasteiger charge is -2.30. The Morgan fingerprint density at radius 1 is 1.05 bits per heavy atom. The Bertz CT molecular complexity index is 1520. The smallest absolute Gasteiger partial charge is 0.252 e. The molecular weight excluding hydrogens is 480 g/mol. The van der Waals surface area contributed by atoms with Crippen molar-refractivity contribution >= 4 is 22.2 Å². The second kappa shape index (κ2) is 11.2. The molecule has 8 heteroatoms. The minimum absolute atomic E-state index is 0.0391. The zero-order chi connectivity index (χ0) is 25.8. The molecule has 3 heterocycles. The third kappa shape index (κ3) is 5.55. The lowest BCUT2D eigenvalue weighted by molar-refractivity contribution is 0.162. The molecule has 0 unspecified atom stereocenters. The number of thiophene rings is 1. The maximum absolute atomic E-state index is 13.2. The Hall–Kier alpha value is -3.62. The highest BCUT2D eigenvalue weighted by Crippen LogP contribution is 2.28. The molecule has 2 aromatic carbocycles. The summed E-state index contributed by atoms with van der Waals surface area (Å²) in [6.45, 7) is 8.19. The molecule has 0 saturated heterocycles. The van der Waals surface area contributed by atoms with Crippen molar-refractivity contribution in [3.8, 4) is 0 Å². The molecule has 0 bridgehead atoms. The van der Waals surface area contributed by atoms with Gasteiger partial charge >= 0.3 is 0 Å². The van der Waals surface area contributed by atoms with Crippen molar-refractivity contribution in [2.75, 3.05) is 0 Å². The molecule has 0 fully saturated rings. The van der Waals surface area contributed by atoms with Gasteiger partial charge in [-0.05, 0) is 76.7 Å². The fraction of sp³-hybridized carbons (Fsp3) is 0.310. The number of nitrogens with zero attached hydrogens (tertiary/aromatic N) is 5. The number of hydrogen-bond donors (Lipinski definition) is 1. The molecule has 1 N–H and O–H groups in total. The van der Waals surface area contributed by atoms with Crippen LogP contribution in [0.15, 0.2) is 70.8 Å². The predicted molar refractivity (Wildman–Crippen MR) is 149 cm³/mol. The highest BCUT2D eigenvalue weighted by Gasteiger charge is 2.26. The van der Waals surface area contributed by atoms with Crippen LogP contribution in [0.2, 0.25) is 0 Å². The van der Waals surface area contributed by atoms with E-state index in [1.807, 2.05) is 16.8 Å². The summed E-state index contributed by atoms with van der Waals surface area (Å²) in [5, 5.41) is 16.0. The van der Waals surface area contributed by atoms with Crippen LogP contribution in [0.1, 0.15) is 52.3 Å². The number of pyridine rings is 1. The van der Waals surface area contributed by atoms with Crippen LogP contribution in [0.25, 0.3) is 10.9 Å². The molecule has 5 rings (SSSR count). The monoisotopic (exact) mass is 512 g/mol. The first-order valence-electron chi connectivity index (χ1n) is 12.7. The summed E-state index contributed by atoms with van der Waals surface area (Å²) >= 11 is 1.72. The van der Waals surface area contributed by atoms with Gasteiger partial charge in [-0.25, -0.2) is 4.68 Å². The Labute approximate surface area is 220 Å². The number of rotatable bonds is 10. The van der Waals surface area contributed by atoms with E-state index in [-0.39, 0.29) is 11.6 Å². The first-order valence-corrected chi connectivity index (χ1v) is 13.6. The van der Waals surface area contributed by atoms with Crippen LogP contribution in [0, 0.1) is 13.8 Å². The molecule has 190 valence electrons. The fourth-order valence-corrected chi connectivity index (χ4v) is 5.61. The summed E-state index contributed by atoms with van der Waals surface area (Å²) in [6.07, 6.45) is 1.67. The summed E-state index contributed by atoms with van der Waals surface area (Å²) in [5.41, 5.74) is 5.14. The summed E-state index contributed by atoms with van der Waals surface area (Å²) in [7, 11) is 0. The van der Waals surface area contributed by atoms with Gasteiger partial charge in [-0.2, -0.15) is 0 Å². The van der Waals surface area contributed by atoms with Gasteiger partial charge < -0.3 is 4.98 Å². The maximum Gasteiger partial charge on any atom is 0.252 e. The van der Waals surface area contributed by atoms with E-state index >= 15 is 0 Å². The molecule has 0 saturated carbocycles. The average molecular weight is 513 g/mol. The van der Waals surface area contributed by atoms with Crippen molar-refractivity contribution in [2.24, 2.45) is 0 Å². The van der Waals surface area contributed by atoms with Crippen molar-refractivity contribution in [3.05, 3.63) is 109 Å². The number of fused-ring (bicyclic) bond motifs is 1. The van der Waals surface area contributed by atoms with Gasteiger partial charge in [0, 0.05) is 30.1 Å². The fourth-order valence-electron chi connectivity index (χ4n) is 4.88. The number of benzene rings is 2. The normalized spacial score (nSPS) is 12.4. The van der Waals surface area contributed by atoms with E-state index in [2.05, 4.69) is 100 Å². The number of aromatic nitrogens is 5. The summed E-state index contributed by atoms with van der Waals surface area (Å²) in [4.78, 5) is 19.9. The van der Waals surface area contributed by atoms with Gasteiger partial charge in [0.15, 0.2) is 5.82 Å². The van der Waals surface area contributed by atoms with Gasteiger partial charge in [-0.1, -0.05) is 55.5 Å². The Kier molecular flexibility index (Phi) is 7.58. The molecule has 0 spiro atoms. The topological polar surface area (TPSA) is 79.7 Å². The molecular formula is C29H32N6OS. The zero-order valence-electron chi connectivity index (χ0n) is 21.5. The standard InChI is InChI=1S/C29H32N6OS/c1-4-26(28-31-32-33-35(28)15-14-22-9-6-5-7-10-22)34(19-25-11-8-16-37-25)18-24-17-23-13-12-20(2)21(3)27(23)30-29(24)36/h5-13,16-17,26H,4,14-15,18-19H2,1-3H3,(H,30,36)/t26-/m0/s1. The van der Waals surface area contributed by atoms with E-state index in [0.29, 0.717) is 19.6 Å². The van der Waals surface area contributed by atoms with Crippen molar-refractivity contribution in [1.29, 1.82) is 0 Å². The zero-order valence-corrected chi connectivity index (χ0v) is 22.3. The third-order valence-corrected chi connectivity index (χ3v) is 7.94. The number of H-pyrrole nitrogens is 1. The molecule has 7 nitrogen and oxygen atoms in total. The Balaban J connectivity index is 1.47. The van der Waals surface area contributed by atoms with Crippen molar-refractivity contribution in [2.45, 2.75) is 59.3 Å². The van der Waals surface area contributed by atoms with Gasteiger partial charge in [-0.3, -0.25) is 9.69 Å². The van der Waals surface area contributed by atoms with E-state index in [1.165, 1.54) is 16.0 Å². The molecule has 37 heavy (non-hydrogen) atoms. The summed E-state index contributed by atoms with van der Waals surface area (Å²) < 4.78 is 1.92. The third-order valence-electron chi connectivity index (χ3n) is 7.08. The number of aryl methyl sites for hydroxylation is 4. The molecule has 0 aliphatic rings. The molecule has 0 aliphatic heterocycles. The van der Waals surface area contributed by atoms with Gasteiger partial charge in [-0.15, -0.1) is 16.4 Å². The Morgan fingerprint density at radius 2 is 1.89 bits per heavy atom. The lowest BCUT2D eigenvalue weighted by atomic mass is 10.0. The number of nitrogens with one attached hydrogen (secondary N) is 1. The predicted octanol–water partition coefficient (Wildman–Crippen LogP) is 5.59. The van der Waals surface area contributed by atoms with Crippen molar-refractivity contribution < 1.29 is 0 Å². The van der Waals surface area contributed by atoms with Crippen LogP contribution in [0.3, 0.4) is 0 Å². The SMILES string of the molecule is CC[C@@H](c1nnnn1CCc1ccccc1)N(Cc1cccs1)Cc1cc2ccc(C)c(C)c2[nH]c1=O. The number of hydrogen-bond acceptors (Lipinski definition) is 6. The average Bonchev–Trinajstić information content (AvgIpc) is 3.59. The Morgan fingerprint density at radius 3 is 2.65 bits per heavy atom. The number of tetrazole rings is 1. The van der Waals surface area contributed by atoms with Crippen LogP contribution < -0.4 is 5.56 Å². The van der Waals surface area contributed by atoms with E-state index in [1.54, 1.807) is 11.3 Å². The molecule has 1 atom stereocenters. The molecule has 0 radical (unpaired) electrons. The summed E-state index contributed by atoms with van der Waals surface area (Å²) in [6, 6.07) is 20.8. The lowest BCUT2D eigenvalue weighted by Crippen LogP contribution is -2.32. The molecule has 3 aromatic heterocycles. The van der Waals surface area contributed by atoms with Gasteiger partial charge in [0.05, 0.1) is 11.6 Å². The highest BCUT2D eigenvalue weighted by molar-refractivity contribution is 7.09. The second-order valence-corrected chi connectivity index (χ2v) is 10.5. The van der Waals surface area contributed by atoms with Crippen molar-refractivity contribution in [3.63, 3.8) is 0 Å². The minimum Gasteiger partial charge on any atom is -0.321 e. The first-order chi connectivity index (χ1) is 18.0. The van der Waals surface area contributed by atoms with E-state index < -0.39 is 0 Å². The number of aromatic amines is 1. The molecule has 0 aliphatic carbocycles. The van der Waals surface area contributed by atoms with E-state index in [0.717, 1.165) is 40.7 Å². The molecule has 5 aromatic rings. The van der Waals surface area contributed by atoms with Gasteiger partial charge in [0.1, 0.15) is 0 Å². The van der Waals surface area contributed by atoms with Crippen LogP contribution in [0.4, 0.5) is 0 Å². The van der Waals surface area contributed by atoms with Crippen LogP contribution in [-0.4, -0.2) is 30.1 Å². The maximum atomic E-state index is 13.2. The van der Waals surface area contributed by atoms with Crippen molar-refractivity contribution in [1.82, 2.24) is 30.1 Å². The van der Waals surface area contributed by atoms with Gasteiger partial charge in [0.25, 0.3) is 5.56 Å². The van der Waals surface area contributed by atoms with Gasteiger partial charge in [0.2, 0.25) is 0 Å². The van der Waals surface area contributed by atoms with Crippen LogP contribution >= 0.6 is 11.3 Å². The van der Waals surface area contributed by atoms with E-state index in [4.69, 9.17) is 0 Å². The quantitative estimate of drug-likeness (QED) is 0.264. The minimum atomic E-state index is -0.0455. The van der Waals surface area contributed by atoms with Crippen LogP contribution in [-0.2, 0) is 26.1 Å². The summed E-state index contributed by atoms with van der Waals surface area (Å²) in [5.74, 6) is 0.832. The highest BCUT2D eigenvalue weighted by atomic mass is 32.1. The largest absolute Gasteiger partial charge is 0.321 e.